The van der Waals surface area contributed by atoms with Crippen LogP contribution in [0.3, 0.4) is 0 Å². The maximum absolute atomic E-state index is 5.23. The molecule has 4 nitrogen and oxygen atoms in total. The largest absolute Gasteiger partial charge is 0.383 e. The quantitative estimate of drug-likeness (QED) is 0.653. The SMILES string of the molecule is COCCNCc1ccc(N(CCOC)C2CC2)c(Br)c1. The predicted octanol–water partition coefficient (Wildman–Crippen LogP) is 2.80. The molecule has 0 radical (unpaired) electrons. The Morgan fingerprint density at radius 2 is 2.00 bits per heavy atom. The predicted molar refractivity (Wildman–Crippen MR) is 90.0 cm³/mol. The summed E-state index contributed by atoms with van der Waals surface area (Å²) in [6.07, 6.45) is 2.58. The Morgan fingerprint density at radius 3 is 2.62 bits per heavy atom. The molecule has 1 N–H and O–H groups in total. The van der Waals surface area contributed by atoms with Crippen LogP contribution in [0, 0.1) is 0 Å². The van der Waals surface area contributed by atoms with Gasteiger partial charge < -0.3 is 19.7 Å². The lowest BCUT2D eigenvalue weighted by molar-refractivity contribution is 0.199. The summed E-state index contributed by atoms with van der Waals surface area (Å²) < 4.78 is 11.4. The van der Waals surface area contributed by atoms with Crippen molar-refractivity contribution >= 4 is 21.6 Å². The van der Waals surface area contributed by atoms with Crippen molar-refractivity contribution in [3.8, 4) is 0 Å². The molecule has 0 aromatic heterocycles. The summed E-state index contributed by atoms with van der Waals surface area (Å²) in [4.78, 5) is 2.45. The average molecular weight is 357 g/mol. The summed E-state index contributed by atoms with van der Waals surface area (Å²) in [5.41, 5.74) is 2.56. The van der Waals surface area contributed by atoms with Gasteiger partial charge in [-0.2, -0.15) is 0 Å². The molecule has 0 atom stereocenters. The maximum Gasteiger partial charge on any atom is 0.0637 e. The zero-order valence-electron chi connectivity index (χ0n) is 12.9. The summed E-state index contributed by atoms with van der Waals surface area (Å²) in [5, 5.41) is 3.37. The van der Waals surface area contributed by atoms with Crippen LogP contribution >= 0.6 is 15.9 Å². The van der Waals surface area contributed by atoms with E-state index in [2.05, 4.69) is 44.3 Å². The number of nitrogens with zero attached hydrogens (tertiary/aromatic N) is 1. The topological polar surface area (TPSA) is 33.7 Å². The van der Waals surface area contributed by atoms with E-state index in [1.54, 1.807) is 14.2 Å². The van der Waals surface area contributed by atoms with E-state index in [1.165, 1.54) is 24.1 Å². The van der Waals surface area contributed by atoms with Gasteiger partial charge in [-0.15, -0.1) is 0 Å². The first kappa shape index (κ1) is 16.7. The van der Waals surface area contributed by atoms with E-state index in [0.29, 0.717) is 6.04 Å². The van der Waals surface area contributed by atoms with E-state index in [0.717, 1.165) is 37.3 Å². The van der Waals surface area contributed by atoms with Gasteiger partial charge in [0.25, 0.3) is 0 Å². The molecule has 0 amide bonds. The molecular formula is C16H25BrN2O2. The third kappa shape index (κ3) is 5.25. The van der Waals surface area contributed by atoms with Crippen LogP contribution in [-0.2, 0) is 16.0 Å². The number of benzene rings is 1. The highest BCUT2D eigenvalue weighted by atomic mass is 79.9. The van der Waals surface area contributed by atoms with Crippen molar-refractivity contribution in [1.29, 1.82) is 0 Å². The Balaban J connectivity index is 1.96. The van der Waals surface area contributed by atoms with Crippen LogP contribution in [0.4, 0.5) is 5.69 Å². The highest BCUT2D eigenvalue weighted by Gasteiger charge is 2.29. The standard InChI is InChI=1S/C16H25BrN2O2/c1-20-9-7-18-12-13-3-6-16(15(17)11-13)19(8-10-21-2)14-4-5-14/h3,6,11,14,18H,4-5,7-10,12H2,1-2H3. The number of rotatable bonds is 10. The van der Waals surface area contributed by atoms with E-state index in [9.17, 15) is 0 Å². The van der Waals surface area contributed by atoms with Gasteiger partial charge in [-0.05, 0) is 46.5 Å². The van der Waals surface area contributed by atoms with Gasteiger partial charge in [-0.3, -0.25) is 0 Å². The molecule has 0 bridgehead atoms. The second-order valence-electron chi connectivity index (χ2n) is 5.37. The van der Waals surface area contributed by atoms with Crippen molar-refractivity contribution in [2.24, 2.45) is 0 Å². The van der Waals surface area contributed by atoms with Gasteiger partial charge >= 0.3 is 0 Å². The van der Waals surface area contributed by atoms with Crippen molar-refractivity contribution < 1.29 is 9.47 Å². The zero-order valence-corrected chi connectivity index (χ0v) is 14.5. The normalized spacial score (nSPS) is 14.4. The first-order valence-electron chi connectivity index (χ1n) is 7.50. The van der Waals surface area contributed by atoms with E-state index < -0.39 is 0 Å². The third-order valence-corrected chi connectivity index (χ3v) is 4.29. The second kappa shape index (κ2) is 8.73. The first-order valence-corrected chi connectivity index (χ1v) is 8.29. The lowest BCUT2D eigenvalue weighted by Gasteiger charge is -2.26. The summed E-state index contributed by atoms with van der Waals surface area (Å²) in [5.74, 6) is 0. The molecule has 21 heavy (non-hydrogen) atoms. The van der Waals surface area contributed by atoms with Crippen LogP contribution < -0.4 is 10.2 Å². The second-order valence-corrected chi connectivity index (χ2v) is 6.23. The van der Waals surface area contributed by atoms with Crippen LogP contribution in [0.5, 0.6) is 0 Å². The minimum Gasteiger partial charge on any atom is -0.383 e. The number of hydrogen-bond donors (Lipinski definition) is 1. The molecule has 1 fully saturated rings. The monoisotopic (exact) mass is 356 g/mol. The zero-order chi connectivity index (χ0) is 15.1. The molecule has 1 aromatic rings. The molecule has 5 heteroatoms. The van der Waals surface area contributed by atoms with Crippen molar-refractivity contribution in [3.05, 3.63) is 28.2 Å². The summed E-state index contributed by atoms with van der Waals surface area (Å²) in [7, 11) is 3.48. The number of hydrogen-bond acceptors (Lipinski definition) is 4. The van der Waals surface area contributed by atoms with E-state index in [4.69, 9.17) is 9.47 Å². The van der Waals surface area contributed by atoms with Gasteiger partial charge in [0.15, 0.2) is 0 Å². The van der Waals surface area contributed by atoms with Crippen LogP contribution in [0.2, 0.25) is 0 Å². The van der Waals surface area contributed by atoms with Gasteiger partial charge in [0.05, 0.1) is 18.9 Å². The minimum atomic E-state index is 0.683. The number of nitrogens with one attached hydrogen (secondary N) is 1. The Bertz CT molecular complexity index is 438. The fourth-order valence-electron chi connectivity index (χ4n) is 2.38. The van der Waals surface area contributed by atoms with Gasteiger partial charge in [-0.25, -0.2) is 0 Å². The molecule has 118 valence electrons. The molecule has 0 aliphatic heterocycles. The van der Waals surface area contributed by atoms with Gasteiger partial charge in [-0.1, -0.05) is 6.07 Å². The summed E-state index contributed by atoms with van der Waals surface area (Å²) >= 11 is 3.72. The smallest absolute Gasteiger partial charge is 0.0637 e. The Labute approximate surface area is 135 Å². The lowest BCUT2D eigenvalue weighted by atomic mass is 10.2. The fraction of sp³-hybridized carbons (Fsp3) is 0.625. The molecular weight excluding hydrogens is 332 g/mol. The third-order valence-electron chi connectivity index (χ3n) is 3.66. The Hall–Kier alpha value is -0.620. The summed E-state index contributed by atoms with van der Waals surface area (Å²) in [6.45, 7) is 4.20. The lowest BCUT2D eigenvalue weighted by Crippen LogP contribution is -2.29. The Kier molecular flexibility index (Phi) is 6.96. The molecule has 1 aliphatic rings. The number of halogens is 1. The van der Waals surface area contributed by atoms with Crippen LogP contribution in [0.15, 0.2) is 22.7 Å². The van der Waals surface area contributed by atoms with Gasteiger partial charge in [0, 0.05) is 44.4 Å². The molecule has 1 aromatic carbocycles. The highest BCUT2D eigenvalue weighted by molar-refractivity contribution is 9.10. The highest BCUT2D eigenvalue weighted by Crippen LogP contribution is 2.36. The minimum absolute atomic E-state index is 0.683. The number of ether oxygens (including phenoxy) is 2. The fourth-order valence-corrected chi connectivity index (χ4v) is 3.03. The van der Waals surface area contributed by atoms with Gasteiger partial charge in [0.1, 0.15) is 0 Å². The van der Waals surface area contributed by atoms with E-state index >= 15 is 0 Å². The molecule has 0 spiro atoms. The molecule has 1 saturated carbocycles. The molecule has 0 unspecified atom stereocenters. The molecule has 2 rings (SSSR count). The van der Waals surface area contributed by atoms with Crippen molar-refractivity contribution in [2.45, 2.75) is 25.4 Å². The van der Waals surface area contributed by atoms with Crippen LogP contribution in [0.25, 0.3) is 0 Å². The summed E-state index contributed by atoms with van der Waals surface area (Å²) in [6, 6.07) is 7.30. The van der Waals surface area contributed by atoms with Crippen molar-refractivity contribution in [3.63, 3.8) is 0 Å². The maximum atomic E-state index is 5.23. The van der Waals surface area contributed by atoms with Crippen molar-refractivity contribution in [1.82, 2.24) is 5.32 Å². The van der Waals surface area contributed by atoms with Crippen LogP contribution in [-0.4, -0.2) is 46.6 Å². The number of methoxy groups -OCH3 is 2. The number of anilines is 1. The van der Waals surface area contributed by atoms with E-state index in [1.807, 2.05) is 0 Å². The first-order chi connectivity index (χ1) is 10.3. The molecule has 0 heterocycles. The molecule has 0 saturated heterocycles. The Morgan fingerprint density at radius 1 is 1.24 bits per heavy atom. The van der Waals surface area contributed by atoms with Crippen LogP contribution in [0.1, 0.15) is 18.4 Å². The van der Waals surface area contributed by atoms with E-state index in [-0.39, 0.29) is 0 Å². The van der Waals surface area contributed by atoms with Crippen molar-refractivity contribution in [2.75, 3.05) is 45.4 Å². The van der Waals surface area contributed by atoms with Gasteiger partial charge in [0.2, 0.25) is 0 Å². The average Bonchev–Trinajstić information content (AvgIpc) is 3.30. The molecule has 1 aliphatic carbocycles.